The van der Waals surface area contributed by atoms with Crippen molar-refractivity contribution in [1.82, 2.24) is 0 Å². The fraction of sp³-hybridized carbons (Fsp3) is 0.0833. The lowest BCUT2D eigenvalue weighted by Gasteiger charge is -2.07. The van der Waals surface area contributed by atoms with Gasteiger partial charge in [-0.05, 0) is 23.6 Å². The van der Waals surface area contributed by atoms with Crippen molar-refractivity contribution in [3.8, 4) is 11.5 Å². The second-order valence-corrected chi connectivity index (χ2v) is 3.34. The van der Waals surface area contributed by atoms with E-state index >= 15 is 0 Å². The van der Waals surface area contributed by atoms with Crippen LogP contribution in [0.25, 0.3) is 10.8 Å². The highest BCUT2D eigenvalue weighted by Crippen LogP contribution is 2.30. The number of hydrogen-bond donors (Lipinski definition) is 2. The van der Waals surface area contributed by atoms with Gasteiger partial charge in [0.15, 0.2) is 0 Å². The SMILES string of the molecule is COc1cccc2cc(O)c(/C=N/O)cc12. The molecule has 0 aliphatic rings. The number of phenolic OH excluding ortho intramolecular Hbond substituents is 1. The van der Waals surface area contributed by atoms with Crippen LogP contribution in [0.2, 0.25) is 0 Å². The van der Waals surface area contributed by atoms with Gasteiger partial charge in [-0.2, -0.15) is 0 Å². The Labute approximate surface area is 92.4 Å². The Morgan fingerprint density at radius 3 is 2.81 bits per heavy atom. The molecule has 2 aromatic rings. The van der Waals surface area contributed by atoms with Crippen molar-refractivity contribution in [3.05, 3.63) is 35.9 Å². The van der Waals surface area contributed by atoms with Gasteiger partial charge < -0.3 is 15.1 Å². The first-order valence-corrected chi connectivity index (χ1v) is 4.73. The van der Waals surface area contributed by atoms with Crippen LogP contribution >= 0.6 is 0 Å². The van der Waals surface area contributed by atoms with Gasteiger partial charge in [-0.1, -0.05) is 17.3 Å². The zero-order valence-corrected chi connectivity index (χ0v) is 8.71. The number of oxime groups is 1. The second-order valence-electron chi connectivity index (χ2n) is 3.34. The molecule has 0 heterocycles. The van der Waals surface area contributed by atoms with Crippen LogP contribution in [-0.2, 0) is 0 Å². The zero-order chi connectivity index (χ0) is 11.5. The van der Waals surface area contributed by atoms with E-state index in [1.54, 1.807) is 19.2 Å². The van der Waals surface area contributed by atoms with Gasteiger partial charge in [0.25, 0.3) is 0 Å². The van der Waals surface area contributed by atoms with E-state index in [-0.39, 0.29) is 5.75 Å². The average molecular weight is 217 g/mol. The topological polar surface area (TPSA) is 62.0 Å². The standard InChI is InChI=1S/C12H11NO3/c1-16-12-4-2-3-8-6-11(14)9(7-13-15)5-10(8)12/h2-7,14-15H,1H3/b13-7+. The molecule has 0 saturated carbocycles. The van der Waals surface area contributed by atoms with E-state index in [9.17, 15) is 5.11 Å². The number of ether oxygens (including phenoxy) is 1. The predicted molar refractivity (Wildman–Crippen MR) is 61.5 cm³/mol. The molecule has 82 valence electrons. The first-order chi connectivity index (χ1) is 7.76. The molecule has 0 spiro atoms. The van der Waals surface area contributed by atoms with Gasteiger partial charge in [0, 0.05) is 10.9 Å². The number of aromatic hydroxyl groups is 1. The minimum Gasteiger partial charge on any atom is -0.507 e. The van der Waals surface area contributed by atoms with Gasteiger partial charge in [0.2, 0.25) is 0 Å². The number of hydrogen-bond acceptors (Lipinski definition) is 4. The molecular formula is C12H11NO3. The number of rotatable bonds is 2. The molecule has 0 aliphatic heterocycles. The Morgan fingerprint density at radius 1 is 1.31 bits per heavy atom. The first-order valence-electron chi connectivity index (χ1n) is 4.73. The lowest BCUT2D eigenvalue weighted by Crippen LogP contribution is -1.88. The highest BCUT2D eigenvalue weighted by atomic mass is 16.5. The third kappa shape index (κ3) is 1.65. The maximum absolute atomic E-state index is 9.66. The summed E-state index contributed by atoms with van der Waals surface area (Å²) < 4.78 is 5.21. The third-order valence-corrected chi connectivity index (χ3v) is 2.40. The highest BCUT2D eigenvalue weighted by Gasteiger charge is 2.05. The minimum atomic E-state index is 0.0681. The maximum atomic E-state index is 9.66. The summed E-state index contributed by atoms with van der Waals surface area (Å²) in [4.78, 5) is 0. The Balaban J connectivity index is 2.75. The number of benzene rings is 2. The molecule has 0 aromatic heterocycles. The van der Waals surface area contributed by atoms with Crippen LogP contribution < -0.4 is 4.74 Å². The van der Waals surface area contributed by atoms with E-state index < -0.39 is 0 Å². The third-order valence-electron chi connectivity index (χ3n) is 2.40. The van der Waals surface area contributed by atoms with Crippen molar-refractivity contribution in [3.63, 3.8) is 0 Å². The maximum Gasteiger partial charge on any atom is 0.126 e. The monoisotopic (exact) mass is 217 g/mol. The molecule has 0 radical (unpaired) electrons. The van der Waals surface area contributed by atoms with Crippen molar-refractivity contribution in [2.75, 3.05) is 7.11 Å². The van der Waals surface area contributed by atoms with Gasteiger partial charge >= 0.3 is 0 Å². The lowest BCUT2D eigenvalue weighted by atomic mass is 10.1. The van der Waals surface area contributed by atoms with Crippen molar-refractivity contribution < 1.29 is 15.1 Å². The molecule has 4 nitrogen and oxygen atoms in total. The van der Waals surface area contributed by atoms with Gasteiger partial charge in [-0.3, -0.25) is 0 Å². The molecule has 2 aromatic carbocycles. The summed E-state index contributed by atoms with van der Waals surface area (Å²) in [6, 6.07) is 8.87. The van der Waals surface area contributed by atoms with Crippen LogP contribution in [0.15, 0.2) is 35.5 Å². The fourth-order valence-electron chi connectivity index (χ4n) is 1.64. The number of methoxy groups -OCH3 is 1. The highest BCUT2D eigenvalue weighted by molar-refractivity contribution is 5.96. The van der Waals surface area contributed by atoms with Gasteiger partial charge in [0.1, 0.15) is 11.5 Å². The largest absolute Gasteiger partial charge is 0.507 e. The summed E-state index contributed by atoms with van der Waals surface area (Å²) in [6.45, 7) is 0. The van der Waals surface area contributed by atoms with Crippen molar-refractivity contribution in [1.29, 1.82) is 0 Å². The average Bonchev–Trinajstić information content (AvgIpc) is 2.29. The molecule has 0 aliphatic carbocycles. The molecular weight excluding hydrogens is 206 g/mol. The van der Waals surface area contributed by atoms with E-state index in [0.717, 1.165) is 10.8 Å². The first kappa shape index (κ1) is 10.3. The van der Waals surface area contributed by atoms with E-state index in [4.69, 9.17) is 9.94 Å². The summed E-state index contributed by atoms with van der Waals surface area (Å²) >= 11 is 0. The van der Waals surface area contributed by atoms with E-state index in [2.05, 4.69) is 5.16 Å². The van der Waals surface area contributed by atoms with Crippen LogP contribution in [-0.4, -0.2) is 23.6 Å². The van der Waals surface area contributed by atoms with Gasteiger partial charge in [-0.25, -0.2) is 0 Å². The molecule has 2 rings (SSSR count). The molecule has 0 saturated heterocycles. The van der Waals surface area contributed by atoms with Crippen LogP contribution in [0.5, 0.6) is 11.5 Å². The minimum absolute atomic E-state index is 0.0681. The molecule has 0 amide bonds. The molecule has 4 heteroatoms. The summed E-state index contributed by atoms with van der Waals surface area (Å²) in [7, 11) is 1.58. The van der Waals surface area contributed by atoms with Gasteiger partial charge in [0.05, 0.1) is 13.3 Å². The fourth-order valence-corrected chi connectivity index (χ4v) is 1.64. The molecule has 2 N–H and O–H groups in total. The number of phenols is 1. The lowest BCUT2D eigenvalue weighted by molar-refractivity contribution is 0.321. The quantitative estimate of drug-likeness (QED) is 0.461. The van der Waals surface area contributed by atoms with Crippen LogP contribution in [0.1, 0.15) is 5.56 Å². The molecule has 0 bridgehead atoms. The molecule has 0 unspecified atom stereocenters. The zero-order valence-electron chi connectivity index (χ0n) is 8.71. The normalized spacial score (nSPS) is 11.1. The Bertz CT molecular complexity index is 549. The van der Waals surface area contributed by atoms with E-state index in [0.29, 0.717) is 11.3 Å². The summed E-state index contributed by atoms with van der Waals surface area (Å²) in [6.07, 6.45) is 1.18. The van der Waals surface area contributed by atoms with Crippen molar-refractivity contribution in [2.24, 2.45) is 5.16 Å². The number of fused-ring (bicyclic) bond motifs is 1. The molecule has 0 atom stereocenters. The molecule has 0 fully saturated rings. The summed E-state index contributed by atoms with van der Waals surface area (Å²) in [5.74, 6) is 0.781. The van der Waals surface area contributed by atoms with Crippen LogP contribution in [0.4, 0.5) is 0 Å². The van der Waals surface area contributed by atoms with Crippen LogP contribution in [0.3, 0.4) is 0 Å². The van der Waals surface area contributed by atoms with Crippen molar-refractivity contribution in [2.45, 2.75) is 0 Å². The molecule has 16 heavy (non-hydrogen) atoms. The Hall–Kier alpha value is -2.23. The Morgan fingerprint density at radius 2 is 2.12 bits per heavy atom. The van der Waals surface area contributed by atoms with Crippen LogP contribution in [0, 0.1) is 0 Å². The second kappa shape index (κ2) is 4.10. The predicted octanol–water partition coefficient (Wildman–Crippen LogP) is 2.36. The Kier molecular flexibility index (Phi) is 2.64. The summed E-state index contributed by atoms with van der Waals surface area (Å²) in [5, 5.41) is 22.8. The van der Waals surface area contributed by atoms with E-state index in [1.807, 2.05) is 18.2 Å². The van der Waals surface area contributed by atoms with E-state index in [1.165, 1.54) is 6.21 Å². The van der Waals surface area contributed by atoms with Gasteiger partial charge in [-0.15, -0.1) is 0 Å². The summed E-state index contributed by atoms with van der Waals surface area (Å²) in [5.41, 5.74) is 0.444. The number of nitrogens with zero attached hydrogens (tertiary/aromatic N) is 1. The smallest absolute Gasteiger partial charge is 0.126 e. The van der Waals surface area contributed by atoms with Crippen molar-refractivity contribution >= 4 is 17.0 Å².